The van der Waals surface area contributed by atoms with Gasteiger partial charge in [-0.25, -0.2) is 13.2 Å². The number of carbonyl (C=O) groups excluding carboxylic acids is 2. The molecule has 1 aliphatic heterocycles. The lowest BCUT2D eigenvalue weighted by molar-refractivity contribution is -0.149. The molecule has 8 heteroatoms. The smallest absolute Gasteiger partial charge is 0.323 e. The quantitative estimate of drug-likeness (QED) is 0.667. The van der Waals surface area contributed by atoms with Gasteiger partial charge in [0.1, 0.15) is 6.54 Å². The number of likely N-dealkylation sites (tertiary alicyclic amines) is 1. The van der Waals surface area contributed by atoms with Crippen LogP contribution in [0, 0.1) is 23.4 Å². The highest BCUT2D eigenvalue weighted by atomic mass is 19.2. The molecule has 1 N–H and O–H groups in total. The van der Waals surface area contributed by atoms with Gasteiger partial charge < -0.3 is 5.11 Å². The number of aliphatic carboxylic acids is 1. The van der Waals surface area contributed by atoms with Crippen LogP contribution in [0.15, 0.2) is 12.1 Å². The Balaban J connectivity index is 2.18. The molecule has 0 aliphatic carbocycles. The summed E-state index contributed by atoms with van der Waals surface area (Å²) < 4.78 is 39.4. The van der Waals surface area contributed by atoms with E-state index in [1.54, 1.807) is 0 Å². The highest BCUT2D eigenvalue weighted by molar-refractivity contribution is 6.05. The minimum Gasteiger partial charge on any atom is -0.480 e. The van der Waals surface area contributed by atoms with Crippen LogP contribution in [-0.4, -0.2) is 34.3 Å². The van der Waals surface area contributed by atoms with Gasteiger partial charge in [-0.1, -0.05) is 6.07 Å². The van der Waals surface area contributed by atoms with Crippen LogP contribution in [0.25, 0.3) is 0 Å². The first-order valence-electron chi connectivity index (χ1n) is 5.99. The molecule has 1 unspecified atom stereocenters. The average Bonchev–Trinajstić information content (AvgIpc) is 2.67. The molecular weight excluding hydrogens is 291 g/mol. The Labute approximate surface area is 117 Å². The topological polar surface area (TPSA) is 74.7 Å². The molecule has 0 spiro atoms. The summed E-state index contributed by atoms with van der Waals surface area (Å²) >= 11 is 0. The van der Waals surface area contributed by atoms with Crippen LogP contribution >= 0.6 is 0 Å². The van der Waals surface area contributed by atoms with E-state index in [4.69, 9.17) is 5.11 Å². The largest absolute Gasteiger partial charge is 0.480 e. The highest BCUT2D eigenvalue weighted by Gasteiger charge is 2.39. The number of amides is 2. The van der Waals surface area contributed by atoms with Gasteiger partial charge in [-0.15, -0.1) is 0 Å². The molecule has 2 amide bonds. The number of rotatable bonds is 4. The minimum absolute atomic E-state index is 0.239. The summed E-state index contributed by atoms with van der Waals surface area (Å²) in [5.41, 5.74) is -0.239. The Morgan fingerprint density at radius 2 is 1.90 bits per heavy atom. The van der Waals surface area contributed by atoms with E-state index in [1.807, 2.05) is 0 Å². The number of carboxylic acid groups (broad SMARTS) is 1. The van der Waals surface area contributed by atoms with Gasteiger partial charge >= 0.3 is 5.97 Å². The highest BCUT2D eigenvalue weighted by Crippen LogP contribution is 2.25. The Morgan fingerprint density at radius 1 is 1.24 bits per heavy atom. The summed E-state index contributed by atoms with van der Waals surface area (Å²) in [5.74, 6) is -8.18. The SMILES string of the molecule is O=C(O)CN1C(=O)CC(Cc2ccc(F)c(F)c2F)C1=O. The molecule has 0 saturated carbocycles. The molecule has 5 nitrogen and oxygen atoms in total. The van der Waals surface area contributed by atoms with Crippen LogP contribution in [0.1, 0.15) is 12.0 Å². The van der Waals surface area contributed by atoms with E-state index in [2.05, 4.69) is 0 Å². The molecule has 0 radical (unpaired) electrons. The van der Waals surface area contributed by atoms with Crippen LogP contribution in [0.5, 0.6) is 0 Å². The lowest BCUT2D eigenvalue weighted by Crippen LogP contribution is -2.35. The first kappa shape index (κ1) is 15.0. The third-order valence-corrected chi connectivity index (χ3v) is 3.21. The maximum Gasteiger partial charge on any atom is 0.323 e. The first-order chi connectivity index (χ1) is 9.81. The molecule has 1 aliphatic rings. The second-order valence-corrected chi connectivity index (χ2v) is 4.65. The minimum atomic E-state index is -1.65. The van der Waals surface area contributed by atoms with E-state index in [9.17, 15) is 27.6 Å². The van der Waals surface area contributed by atoms with E-state index in [-0.39, 0.29) is 18.4 Å². The van der Waals surface area contributed by atoms with Crippen molar-refractivity contribution in [2.75, 3.05) is 6.54 Å². The summed E-state index contributed by atoms with van der Waals surface area (Å²) in [6.07, 6.45) is -0.589. The lowest BCUT2D eigenvalue weighted by atomic mass is 9.97. The van der Waals surface area contributed by atoms with Crippen molar-refractivity contribution in [3.63, 3.8) is 0 Å². The second-order valence-electron chi connectivity index (χ2n) is 4.65. The van der Waals surface area contributed by atoms with Crippen molar-refractivity contribution in [2.24, 2.45) is 5.92 Å². The molecule has 0 aromatic heterocycles. The Morgan fingerprint density at radius 3 is 2.52 bits per heavy atom. The van der Waals surface area contributed by atoms with Crippen molar-refractivity contribution in [3.05, 3.63) is 35.1 Å². The molecule has 112 valence electrons. The van der Waals surface area contributed by atoms with E-state index in [0.29, 0.717) is 4.90 Å². The zero-order chi connectivity index (χ0) is 15.7. The van der Waals surface area contributed by atoms with Crippen molar-refractivity contribution in [3.8, 4) is 0 Å². The predicted molar refractivity (Wildman–Crippen MR) is 62.5 cm³/mol. The van der Waals surface area contributed by atoms with E-state index < -0.39 is 47.7 Å². The van der Waals surface area contributed by atoms with Crippen LogP contribution in [0.3, 0.4) is 0 Å². The first-order valence-corrected chi connectivity index (χ1v) is 5.99. The normalized spacial score (nSPS) is 18.4. The van der Waals surface area contributed by atoms with Gasteiger partial charge in [0.05, 0.1) is 5.92 Å². The summed E-state index contributed by atoms with van der Waals surface area (Å²) in [5, 5.41) is 8.60. The fourth-order valence-corrected chi connectivity index (χ4v) is 2.20. The lowest BCUT2D eigenvalue weighted by Gasteiger charge is -2.12. The van der Waals surface area contributed by atoms with Crippen molar-refractivity contribution in [2.45, 2.75) is 12.8 Å². The molecule has 2 rings (SSSR count). The van der Waals surface area contributed by atoms with E-state index >= 15 is 0 Å². The van der Waals surface area contributed by atoms with Crippen molar-refractivity contribution >= 4 is 17.8 Å². The number of benzene rings is 1. The van der Waals surface area contributed by atoms with Crippen LogP contribution in [0.4, 0.5) is 13.2 Å². The van der Waals surface area contributed by atoms with Crippen LogP contribution < -0.4 is 0 Å². The van der Waals surface area contributed by atoms with Gasteiger partial charge in [-0.05, 0) is 18.1 Å². The van der Waals surface area contributed by atoms with Gasteiger partial charge in [-0.3, -0.25) is 19.3 Å². The number of halogens is 3. The average molecular weight is 301 g/mol. The maximum absolute atomic E-state index is 13.5. The third-order valence-electron chi connectivity index (χ3n) is 3.21. The van der Waals surface area contributed by atoms with E-state index in [1.165, 1.54) is 0 Å². The van der Waals surface area contributed by atoms with Crippen LogP contribution in [-0.2, 0) is 20.8 Å². The summed E-state index contributed by atoms with van der Waals surface area (Å²) in [7, 11) is 0. The standard InChI is InChI=1S/C13H10F3NO4/c14-8-2-1-6(11(15)12(8)16)3-7-4-9(18)17(13(7)21)5-10(19)20/h1-2,7H,3-5H2,(H,19,20). The molecular formula is C13H10F3NO4. The molecule has 1 saturated heterocycles. The molecule has 0 bridgehead atoms. The summed E-state index contributed by atoms with van der Waals surface area (Å²) in [6.45, 7) is -0.769. The Hall–Kier alpha value is -2.38. The van der Waals surface area contributed by atoms with Crippen molar-refractivity contribution < 1.29 is 32.7 Å². The molecule has 1 fully saturated rings. The van der Waals surface area contributed by atoms with Crippen LogP contribution in [0.2, 0.25) is 0 Å². The summed E-state index contributed by atoms with van der Waals surface area (Å²) in [4.78, 5) is 34.5. The zero-order valence-electron chi connectivity index (χ0n) is 10.6. The molecule has 1 heterocycles. The predicted octanol–water partition coefficient (Wildman–Crippen LogP) is 1.11. The van der Waals surface area contributed by atoms with Gasteiger partial charge in [0.2, 0.25) is 11.8 Å². The second kappa shape index (κ2) is 5.55. The van der Waals surface area contributed by atoms with Crippen molar-refractivity contribution in [1.82, 2.24) is 4.90 Å². The fraction of sp³-hybridized carbons (Fsp3) is 0.308. The Kier molecular flexibility index (Phi) is 3.97. The van der Waals surface area contributed by atoms with Gasteiger partial charge in [0.25, 0.3) is 0 Å². The number of nitrogens with zero attached hydrogens (tertiary/aromatic N) is 1. The number of imide groups is 1. The maximum atomic E-state index is 13.5. The third kappa shape index (κ3) is 2.88. The van der Waals surface area contributed by atoms with Crippen molar-refractivity contribution in [1.29, 1.82) is 0 Å². The fourth-order valence-electron chi connectivity index (χ4n) is 2.20. The number of hydrogen-bond donors (Lipinski definition) is 1. The number of hydrogen-bond acceptors (Lipinski definition) is 3. The monoisotopic (exact) mass is 301 g/mol. The number of carbonyl (C=O) groups is 3. The zero-order valence-corrected chi connectivity index (χ0v) is 10.6. The molecule has 21 heavy (non-hydrogen) atoms. The number of carboxylic acids is 1. The van der Waals surface area contributed by atoms with Gasteiger partial charge in [0.15, 0.2) is 17.5 Å². The Bertz CT molecular complexity index is 632. The van der Waals surface area contributed by atoms with E-state index in [0.717, 1.165) is 12.1 Å². The molecule has 1 aromatic carbocycles. The molecule has 1 atom stereocenters. The van der Waals surface area contributed by atoms with Gasteiger partial charge in [0, 0.05) is 6.42 Å². The molecule has 1 aromatic rings. The van der Waals surface area contributed by atoms with Gasteiger partial charge in [-0.2, -0.15) is 0 Å². The summed E-state index contributed by atoms with van der Waals surface area (Å²) in [6, 6.07) is 1.72.